The molecule has 0 unspecified atom stereocenters. The Morgan fingerprint density at radius 2 is 1.83 bits per heavy atom. The van der Waals surface area contributed by atoms with Gasteiger partial charge in [0, 0.05) is 11.8 Å². The van der Waals surface area contributed by atoms with Crippen molar-refractivity contribution in [1.82, 2.24) is 10.2 Å². The molecular formula is C22H23N3O5. The van der Waals surface area contributed by atoms with Gasteiger partial charge in [-0.05, 0) is 37.5 Å². The average Bonchev–Trinajstić information content (AvgIpc) is 2.96. The van der Waals surface area contributed by atoms with Crippen molar-refractivity contribution in [3.8, 4) is 11.5 Å². The fourth-order valence-electron chi connectivity index (χ4n) is 3.56. The molecule has 0 aromatic heterocycles. The van der Waals surface area contributed by atoms with E-state index in [0.717, 1.165) is 10.5 Å². The minimum atomic E-state index is -1.04. The first-order valence-corrected chi connectivity index (χ1v) is 9.82. The molecule has 2 N–H and O–H groups in total. The number of rotatable bonds is 6. The Bertz CT molecular complexity index is 978. The molecule has 2 heterocycles. The zero-order valence-electron chi connectivity index (χ0n) is 16.6. The van der Waals surface area contributed by atoms with Gasteiger partial charge in [0.1, 0.15) is 25.3 Å². The number of amides is 4. The standard InChI is InChI=1S/C22H23N3O5/c1-22(10-9-15-5-3-2-4-6-15)20(27)25(21(28)24-22)14-19(26)23-16-7-8-17-18(13-16)30-12-11-29-17/h2-8,13H,9-12,14H2,1H3,(H,23,26)(H,24,28)/t22-/m0/s1. The number of hydrogen-bond donors (Lipinski definition) is 2. The number of nitrogens with one attached hydrogen (secondary N) is 2. The topological polar surface area (TPSA) is 97.0 Å². The van der Waals surface area contributed by atoms with Crippen molar-refractivity contribution < 1.29 is 23.9 Å². The number of nitrogens with zero attached hydrogens (tertiary/aromatic N) is 1. The van der Waals surface area contributed by atoms with Crippen molar-refractivity contribution in [3.63, 3.8) is 0 Å². The number of ether oxygens (including phenoxy) is 2. The molecule has 2 aromatic rings. The predicted molar refractivity (Wildman–Crippen MR) is 109 cm³/mol. The number of fused-ring (bicyclic) bond motifs is 1. The summed E-state index contributed by atoms with van der Waals surface area (Å²) < 4.78 is 11.0. The fraction of sp³-hybridized carbons (Fsp3) is 0.318. The minimum absolute atomic E-state index is 0.361. The van der Waals surface area contributed by atoms with Gasteiger partial charge in [-0.25, -0.2) is 4.79 Å². The number of carbonyl (C=O) groups excluding carboxylic acids is 3. The van der Waals surface area contributed by atoms with E-state index in [-0.39, 0.29) is 6.54 Å². The quantitative estimate of drug-likeness (QED) is 0.714. The van der Waals surface area contributed by atoms with E-state index in [4.69, 9.17) is 9.47 Å². The Hall–Kier alpha value is -3.55. The SMILES string of the molecule is C[C@@]1(CCc2ccccc2)NC(=O)N(CC(=O)Nc2ccc3c(c2)OCCO3)C1=O. The van der Waals surface area contributed by atoms with Crippen LogP contribution in [0.25, 0.3) is 0 Å². The average molecular weight is 409 g/mol. The highest BCUT2D eigenvalue weighted by atomic mass is 16.6. The van der Waals surface area contributed by atoms with Crippen molar-refractivity contribution in [2.24, 2.45) is 0 Å². The van der Waals surface area contributed by atoms with Crippen LogP contribution in [0.5, 0.6) is 11.5 Å². The van der Waals surface area contributed by atoms with Crippen molar-refractivity contribution in [2.75, 3.05) is 25.1 Å². The highest BCUT2D eigenvalue weighted by Gasteiger charge is 2.47. The van der Waals surface area contributed by atoms with E-state index >= 15 is 0 Å². The number of anilines is 1. The Balaban J connectivity index is 1.37. The van der Waals surface area contributed by atoms with Crippen LogP contribution >= 0.6 is 0 Å². The predicted octanol–water partition coefficient (Wildman–Crippen LogP) is 2.34. The Kier molecular flexibility index (Phi) is 5.31. The van der Waals surface area contributed by atoms with Gasteiger partial charge in [-0.3, -0.25) is 14.5 Å². The Labute approximate surface area is 174 Å². The normalized spacial score (nSPS) is 20.1. The molecule has 8 nitrogen and oxygen atoms in total. The van der Waals surface area contributed by atoms with E-state index < -0.39 is 23.4 Å². The molecule has 2 aromatic carbocycles. The molecule has 1 fully saturated rings. The van der Waals surface area contributed by atoms with Crippen LogP contribution in [0.15, 0.2) is 48.5 Å². The first kappa shape index (κ1) is 19.8. The summed E-state index contributed by atoms with van der Waals surface area (Å²) in [6.45, 7) is 2.25. The molecule has 0 bridgehead atoms. The van der Waals surface area contributed by atoms with Crippen LogP contribution in [0, 0.1) is 0 Å². The molecule has 1 atom stereocenters. The lowest BCUT2D eigenvalue weighted by molar-refractivity contribution is -0.133. The summed E-state index contributed by atoms with van der Waals surface area (Å²) in [5, 5.41) is 5.43. The molecule has 4 amide bonds. The zero-order chi connectivity index (χ0) is 21.1. The molecule has 1 saturated heterocycles. The van der Waals surface area contributed by atoms with Gasteiger partial charge in [0.25, 0.3) is 5.91 Å². The minimum Gasteiger partial charge on any atom is -0.486 e. The van der Waals surface area contributed by atoms with Crippen LogP contribution < -0.4 is 20.1 Å². The van der Waals surface area contributed by atoms with Crippen LogP contribution in [-0.2, 0) is 16.0 Å². The summed E-state index contributed by atoms with van der Waals surface area (Å²) in [6.07, 6.45) is 1.09. The van der Waals surface area contributed by atoms with Crippen LogP contribution in [0.4, 0.5) is 10.5 Å². The molecule has 4 rings (SSSR count). The second-order valence-corrected chi connectivity index (χ2v) is 7.55. The molecule has 156 valence electrons. The van der Waals surface area contributed by atoms with E-state index in [0.29, 0.717) is 43.2 Å². The summed E-state index contributed by atoms with van der Waals surface area (Å²) in [6, 6.07) is 14.2. The Morgan fingerprint density at radius 3 is 2.60 bits per heavy atom. The summed E-state index contributed by atoms with van der Waals surface area (Å²) >= 11 is 0. The third kappa shape index (κ3) is 4.07. The Morgan fingerprint density at radius 1 is 1.10 bits per heavy atom. The van der Waals surface area contributed by atoms with Gasteiger partial charge >= 0.3 is 6.03 Å². The number of hydrogen-bond acceptors (Lipinski definition) is 5. The van der Waals surface area contributed by atoms with E-state index in [2.05, 4.69) is 10.6 Å². The van der Waals surface area contributed by atoms with Gasteiger partial charge in [-0.2, -0.15) is 0 Å². The lowest BCUT2D eigenvalue weighted by atomic mass is 9.93. The number of carbonyl (C=O) groups is 3. The van der Waals surface area contributed by atoms with Crippen LogP contribution in [-0.4, -0.2) is 48.0 Å². The van der Waals surface area contributed by atoms with E-state index in [1.807, 2.05) is 30.3 Å². The van der Waals surface area contributed by atoms with Crippen LogP contribution in [0.3, 0.4) is 0 Å². The van der Waals surface area contributed by atoms with Crippen LogP contribution in [0.1, 0.15) is 18.9 Å². The zero-order valence-corrected chi connectivity index (χ0v) is 16.6. The monoisotopic (exact) mass is 409 g/mol. The maximum Gasteiger partial charge on any atom is 0.325 e. The summed E-state index contributed by atoms with van der Waals surface area (Å²) in [7, 11) is 0. The first-order valence-electron chi connectivity index (χ1n) is 9.82. The lowest BCUT2D eigenvalue weighted by Gasteiger charge is -2.21. The number of imide groups is 1. The highest BCUT2D eigenvalue weighted by molar-refractivity contribution is 6.09. The molecule has 2 aliphatic rings. The van der Waals surface area contributed by atoms with Crippen LogP contribution in [0.2, 0.25) is 0 Å². The molecule has 0 saturated carbocycles. The van der Waals surface area contributed by atoms with Gasteiger partial charge in [0.15, 0.2) is 11.5 Å². The summed E-state index contributed by atoms with van der Waals surface area (Å²) in [5.41, 5.74) is 0.545. The van der Waals surface area contributed by atoms with Gasteiger partial charge < -0.3 is 20.1 Å². The lowest BCUT2D eigenvalue weighted by Crippen LogP contribution is -2.45. The van der Waals surface area contributed by atoms with E-state index in [1.54, 1.807) is 25.1 Å². The molecule has 0 spiro atoms. The third-order valence-corrected chi connectivity index (χ3v) is 5.23. The number of benzene rings is 2. The third-order valence-electron chi connectivity index (χ3n) is 5.23. The van der Waals surface area contributed by atoms with Crippen molar-refractivity contribution in [2.45, 2.75) is 25.3 Å². The largest absolute Gasteiger partial charge is 0.486 e. The molecule has 8 heteroatoms. The van der Waals surface area contributed by atoms with Gasteiger partial charge in [0.05, 0.1) is 0 Å². The van der Waals surface area contributed by atoms with Gasteiger partial charge in [0.2, 0.25) is 5.91 Å². The maximum atomic E-state index is 12.9. The van der Waals surface area contributed by atoms with E-state index in [9.17, 15) is 14.4 Å². The first-order chi connectivity index (χ1) is 14.4. The smallest absolute Gasteiger partial charge is 0.325 e. The van der Waals surface area contributed by atoms with Gasteiger partial charge in [-0.1, -0.05) is 30.3 Å². The molecule has 30 heavy (non-hydrogen) atoms. The number of urea groups is 1. The maximum absolute atomic E-state index is 12.9. The highest BCUT2D eigenvalue weighted by Crippen LogP contribution is 2.32. The number of aryl methyl sites for hydroxylation is 1. The molecule has 0 radical (unpaired) electrons. The van der Waals surface area contributed by atoms with Crippen molar-refractivity contribution >= 4 is 23.5 Å². The summed E-state index contributed by atoms with van der Waals surface area (Å²) in [4.78, 5) is 38.7. The fourth-order valence-corrected chi connectivity index (χ4v) is 3.56. The molecular weight excluding hydrogens is 386 g/mol. The van der Waals surface area contributed by atoms with Crippen molar-refractivity contribution in [3.05, 3.63) is 54.1 Å². The van der Waals surface area contributed by atoms with Gasteiger partial charge in [-0.15, -0.1) is 0 Å². The van der Waals surface area contributed by atoms with Crippen molar-refractivity contribution in [1.29, 1.82) is 0 Å². The van der Waals surface area contributed by atoms with E-state index in [1.165, 1.54) is 0 Å². The summed E-state index contributed by atoms with van der Waals surface area (Å²) in [5.74, 6) is 0.285. The molecule has 0 aliphatic carbocycles. The second kappa shape index (κ2) is 8.06. The second-order valence-electron chi connectivity index (χ2n) is 7.55. The molecule has 2 aliphatic heterocycles.